The van der Waals surface area contributed by atoms with Gasteiger partial charge in [0.2, 0.25) is 0 Å². The molecule has 1 heterocycles. The molecule has 0 aliphatic heterocycles. The third kappa shape index (κ3) is 4.35. The topological polar surface area (TPSA) is 100 Å². The molecule has 0 saturated carbocycles. The van der Waals surface area contributed by atoms with Gasteiger partial charge in [0.1, 0.15) is 15.7 Å². The summed E-state index contributed by atoms with van der Waals surface area (Å²) < 4.78 is 21.9. The molecule has 0 aliphatic rings. The van der Waals surface area contributed by atoms with Gasteiger partial charge in [0.05, 0.1) is 18.1 Å². The predicted molar refractivity (Wildman–Crippen MR) is 62.0 cm³/mol. The van der Waals surface area contributed by atoms with Crippen molar-refractivity contribution in [2.45, 2.75) is 0 Å². The van der Waals surface area contributed by atoms with Gasteiger partial charge in [0.25, 0.3) is 0 Å². The summed E-state index contributed by atoms with van der Waals surface area (Å²) in [5, 5.41) is 8.63. The normalized spacial score (nSPS) is 11.2. The molecule has 7 nitrogen and oxygen atoms in total. The first-order valence-corrected chi connectivity index (χ1v) is 6.80. The highest BCUT2D eigenvalue weighted by atomic mass is 32.2. The Morgan fingerprint density at radius 3 is 2.47 bits per heavy atom. The highest BCUT2D eigenvalue weighted by molar-refractivity contribution is 7.90. The molecule has 0 bridgehead atoms. The molecule has 0 amide bonds. The molecule has 0 aliphatic carbocycles. The van der Waals surface area contributed by atoms with Crippen LogP contribution < -0.4 is 4.90 Å². The molecule has 0 spiro atoms. The maximum atomic E-state index is 11.0. The van der Waals surface area contributed by atoms with E-state index in [1.54, 1.807) is 11.9 Å². The van der Waals surface area contributed by atoms with Crippen molar-refractivity contribution in [3.05, 3.63) is 18.1 Å². The van der Waals surface area contributed by atoms with Gasteiger partial charge in [-0.3, -0.25) is 0 Å². The number of aromatic nitrogens is 2. The van der Waals surface area contributed by atoms with E-state index < -0.39 is 15.8 Å². The summed E-state index contributed by atoms with van der Waals surface area (Å²) in [7, 11) is -1.37. The molecule has 0 saturated heterocycles. The summed E-state index contributed by atoms with van der Waals surface area (Å²) in [5.74, 6) is -0.715. The summed E-state index contributed by atoms with van der Waals surface area (Å²) in [4.78, 5) is 19.7. The molecule has 0 aromatic carbocycles. The Bertz CT molecular complexity index is 497. The van der Waals surface area contributed by atoms with Crippen LogP contribution in [-0.4, -0.2) is 55.1 Å². The first kappa shape index (κ1) is 13.4. The Balaban J connectivity index is 2.70. The van der Waals surface area contributed by atoms with Crippen LogP contribution in [0.15, 0.2) is 12.4 Å². The lowest BCUT2D eigenvalue weighted by molar-refractivity contribution is 0.0690. The largest absolute Gasteiger partial charge is 0.476 e. The van der Waals surface area contributed by atoms with E-state index >= 15 is 0 Å². The monoisotopic (exact) mass is 259 g/mol. The Hall–Kier alpha value is -1.70. The van der Waals surface area contributed by atoms with E-state index in [0.717, 1.165) is 12.5 Å². The number of hydrogen-bond donors (Lipinski definition) is 1. The van der Waals surface area contributed by atoms with Gasteiger partial charge in [-0.2, -0.15) is 0 Å². The zero-order valence-corrected chi connectivity index (χ0v) is 10.3. The van der Waals surface area contributed by atoms with E-state index in [1.807, 2.05) is 0 Å². The number of rotatable bonds is 5. The zero-order chi connectivity index (χ0) is 13.1. The van der Waals surface area contributed by atoms with E-state index in [9.17, 15) is 13.2 Å². The quantitative estimate of drug-likeness (QED) is 0.771. The van der Waals surface area contributed by atoms with Crippen LogP contribution in [0.1, 0.15) is 10.5 Å². The Morgan fingerprint density at radius 2 is 2.06 bits per heavy atom. The maximum Gasteiger partial charge on any atom is 0.356 e. The van der Waals surface area contributed by atoms with E-state index in [0.29, 0.717) is 5.82 Å². The van der Waals surface area contributed by atoms with Gasteiger partial charge in [0.15, 0.2) is 5.69 Å². The van der Waals surface area contributed by atoms with Gasteiger partial charge in [-0.05, 0) is 0 Å². The maximum absolute atomic E-state index is 11.0. The summed E-state index contributed by atoms with van der Waals surface area (Å²) in [6.07, 6.45) is 3.58. The third-order valence-electron chi connectivity index (χ3n) is 2.05. The zero-order valence-electron chi connectivity index (χ0n) is 9.49. The number of anilines is 1. The lowest BCUT2D eigenvalue weighted by Gasteiger charge is -2.16. The Kier molecular flexibility index (Phi) is 4.00. The van der Waals surface area contributed by atoms with E-state index in [1.165, 1.54) is 6.20 Å². The van der Waals surface area contributed by atoms with Crippen LogP contribution in [0.2, 0.25) is 0 Å². The number of sulfone groups is 1. The lowest BCUT2D eigenvalue weighted by atomic mass is 10.4. The van der Waals surface area contributed by atoms with Crippen LogP contribution in [0.3, 0.4) is 0 Å². The number of hydrogen-bond acceptors (Lipinski definition) is 6. The second-order valence-corrected chi connectivity index (χ2v) is 5.88. The van der Waals surface area contributed by atoms with Gasteiger partial charge in [-0.15, -0.1) is 0 Å². The van der Waals surface area contributed by atoms with Gasteiger partial charge in [-0.25, -0.2) is 23.2 Å². The molecule has 0 fully saturated rings. The van der Waals surface area contributed by atoms with Crippen molar-refractivity contribution in [1.82, 2.24) is 9.97 Å². The summed E-state index contributed by atoms with van der Waals surface area (Å²) in [6, 6.07) is 0. The third-order valence-corrected chi connectivity index (χ3v) is 2.97. The Labute approximate surface area is 99.0 Å². The predicted octanol–water partition coefficient (Wildman–Crippen LogP) is -0.344. The SMILES string of the molecule is CN(CCS(C)(=O)=O)c1cnc(C(=O)O)cn1. The van der Waals surface area contributed by atoms with Crippen LogP contribution in [-0.2, 0) is 9.84 Å². The number of aromatic carboxylic acids is 1. The fourth-order valence-corrected chi connectivity index (χ4v) is 1.65. The molecule has 1 aromatic rings. The molecular weight excluding hydrogens is 246 g/mol. The molecule has 1 aromatic heterocycles. The summed E-state index contributed by atoms with van der Waals surface area (Å²) in [5.41, 5.74) is -0.148. The van der Waals surface area contributed by atoms with Crippen molar-refractivity contribution in [2.75, 3.05) is 30.5 Å². The first-order chi connectivity index (χ1) is 7.79. The molecule has 17 heavy (non-hydrogen) atoms. The van der Waals surface area contributed by atoms with Gasteiger partial charge in [0, 0.05) is 19.8 Å². The second kappa shape index (κ2) is 5.09. The van der Waals surface area contributed by atoms with Crippen molar-refractivity contribution in [3.63, 3.8) is 0 Å². The van der Waals surface area contributed by atoms with Gasteiger partial charge >= 0.3 is 5.97 Å². The van der Waals surface area contributed by atoms with Crippen molar-refractivity contribution >= 4 is 21.6 Å². The minimum atomic E-state index is -3.03. The van der Waals surface area contributed by atoms with Crippen molar-refractivity contribution in [1.29, 1.82) is 0 Å². The highest BCUT2D eigenvalue weighted by Crippen LogP contribution is 2.06. The fourth-order valence-electron chi connectivity index (χ4n) is 1.05. The first-order valence-electron chi connectivity index (χ1n) is 4.74. The fraction of sp³-hybridized carbons (Fsp3) is 0.444. The second-order valence-electron chi connectivity index (χ2n) is 3.62. The lowest BCUT2D eigenvalue weighted by Crippen LogP contribution is -2.25. The molecule has 1 rings (SSSR count). The summed E-state index contributed by atoms with van der Waals surface area (Å²) in [6.45, 7) is 0.278. The number of nitrogens with zero attached hydrogens (tertiary/aromatic N) is 3. The number of carboxylic acids is 1. The molecule has 0 atom stereocenters. The molecule has 0 unspecified atom stereocenters. The number of carbonyl (C=O) groups is 1. The van der Waals surface area contributed by atoms with Crippen LogP contribution in [0.5, 0.6) is 0 Å². The van der Waals surface area contributed by atoms with Gasteiger partial charge < -0.3 is 10.0 Å². The average Bonchev–Trinajstić information content (AvgIpc) is 2.25. The molecule has 0 radical (unpaired) electrons. The van der Waals surface area contributed by atoms with Crippen LogP contribution >= 0.6 is 0 Å². The molecular formula is C9H13N3O4S. The van der Waals surface area contributed by atoms with E-state index in [4.69, 9.17) is 5.11 Å². The van der Waals surface area contributed by atoms with Crippen molar-refractivity contribution in [3.8, 4) is 0 Å². The highest BCUT2D eigenvalue weighted by Gasteiger charge is 2.09. The smallest absolute Gasteiger partial charge is 0.356 e. The minimum absolute atomic E-state index is 0.00582. The average molecular weight is 259 g/mol. The number of carboxylic acid groups (broad SMARTS) is 1. The van der Waals surface area contributed by atoms with Gasteiger partial charge in [-0.1, -0.05) is 0 Å². The van der Waals surface area contributed by atoms with E-state index in [2.05, 4.69) is 9.97 Å². The minimum Gasteiger partial charge on any atom is -0.476 e. The van der Waals surface area contributed by atoms with Crippen LogP contribution in [0.4, 0.5) is 5.82 Å². The van der Waals surface area contributed by atoms with E-state index in [-0.39, 0.29) is 18.0 Å². The van der Waals surface area contributed by atoms with Crippen molar-refractivity contribution in [2.24, 2.45) is 0 Å². The molecule has 94 valence electrons. The van der Waals surface area contributed by atoms with Crippen molar-refractivity contribution < 1.29 is 18.3 Å². The Morgan fingerprint density at radius 1 is 1.41 bits per heavy atom. The molecule has 8 heteroatoms. The standard InChI is InChI=1S/C9H13N3O4S/c1-12(3-4-17(2,15)16)8-6-10-7(5-11-8)9(13)14/h5-6H,3-4H2,1-2H3,(H,13,14). The van der Waals surface area contributed by atoms with Crippen LogP contribution in [0, 0.1) is 0 Å². The molecule has 1 N–H and O–H groups in total. The summed E-state index contributed by atoms with van der Waals surface area (Å²) >= 11 is 0. The van der Waals surface area contributed by atoms with Crippen LogP contribution in [0.25, 0.3) is 0 Å².